The predicted octanol–water partition coefficient (Wildman–Crippen LogP) is 4.65. The summed E-state index contributed by atoms with van der Waals surface area (Å²) in [6.07, 6.45) is 2.23. The highest BCUT2D eigenvalue weighted by molar-refractivity contribution is 7.12. The molecule has 186 valence electrons. The van der Waals surface area contributed by atoms with Crippen LogP contribution in [0.5, 0.6) is 23.0 Å². The van der Waals surface area contributed by atoms with Gasteiger partial charge in [-0.3, -0.25) is 4.79 Å². The van der Waals surface area contributed by atoms with E-state index in [1.807, 2.05) is 29.6 Å². The van der Waals surface area contributed by atoms with Crippen LogP contribution in [0.1, 0.15) is 32.8 Å². The number of nitrogens with zero attached hydrogens (tertiary/aromatic N) is 2. The zero-order chi connectivity index (χ0) is 25.1. The van der Waals surface area contributed by atoms with Gasteiger partial charge in [0.2, 0.25) is 18.3 Å². The molecule has 36 heavy (non-hydrogen) atoms. The molecule has 0 fully saturated rings. The van der Waals surface area contributed by atoms with Gasteiger partial charge in [0.05, 0.1) is 31.0 Å². The summed E-state index contributed by atoms with van der Waals surface area (Å²) in [6.45, 7) is 0.0183. The molecule has 0 spiro atoms. The first-order valence-electron chi connectivity index (χ1n) is 11.0. The van der Waals surface area contributed by atoms with Crippen LogP contribution in [0.15, 0.2) is 52.0 Å². The molecule has 2 aliphatic rings. The van der Waals surface area contributed by atoms with Crippen LogP contribution in [0.3, 0.4) is 0 Å². The van der Waals surface area contributed by atoms with Crippen molar-refractivity contribution in [1.82, 2.24) is 5.43 Å². The van der Waals surface area contributed by atoms with E-state index in [2.05, 4.69) is 15.7 Å². The lowest BCUT2D eigenvalue weighted by Crippen LogP contribution is -2.17. The quantitative estimate of drug-likeness (QED) is 0.338. The number of ether oxygens (including phenoxy) is 4. The largest absolute Gasteiger partial charge is 0.492 e. The second-order valence-corrected chi connectivity index (χ2v) is 9.26. The van der Waals surface area contributed by atoms with Crippen LogP contribution in [0.25, 0.3) is 0 Å². The van der Waals surface area contributed by atoms with Gasteiger partial charge >= 0.3 is 0 Å². The van der Waals surface area contributed by atoms with Crippen LogP contribution in [0.2, 0.25) is 5.02 Å². The maximum absolute atomic E-state index is 12.4. The van der Waals surface area contributed by atoms with Crippen LogP contribution >= 0.6 is 22.9 Å². The third-order valence-electron chi connectivity index (χ3n) is 5.72. The Morgan fingerprint density at radius 3 is 2.69 bits per heavy atom. The van der Waals surface area contributed by atoms with E-state index in [1.165, 1.54) is 24.7 Å². The van der Waals surface area contributed by atoms with Crippen molar-refractivity contribution in [3.05, 3.63) is 68.4 Å². The number of halogens is 1. The predicted molar refractivity (Wildman–Crippen MR) is 136 cm³/mol. The molecule has 0 saturated carbocycles. The number of hydrogen-bond acceptors (Lipinski definition) is 9. The van der Waals surface area contributed by atoms with Crippen molar-refractivity contribution in [2.75, 3.05) is 21.0 Å². The monoisotopic (exact) mass is 527 g/mol. The lowest BCUT2D eigenvalue weighted by atomic mass is 9.95. The first-order valence-corrected chi connectivity index (χ1v) is 12.3. The van der Waals surface area contributed by atoms with E-state index >= 15 is 0 Å². The molecule has 1 N–H and O–H groups in total. The number of hydrazone groups is 1. The number of carbonyl (C=O) groups excluding carboxylic acids is 1. The van der Waals surface area contributed by atoms with E-state index in [0.717, 1.165) is 16.8 Å². The van der Waals surface area contributed by atoms with Gasteiger partial charge in [-0.1, -0.05) is 35.0 Å². The fourth-order valence-electron chi connectivity index (χ4n) is 4.08. The van der Waals surface area contributed by atoms with Gasteiger partial charge in [0.15, 0.2) is 11.5 Å². The van der Waals surface area contributed by atoms with Crippen molar-refractivity contribution < 1.29 is 28.6 Å². The SMILES string of the molecule is COc1c(CC2CC(c3ccc(Cl)cc3)=NO2)c(/C=N\NC(=O)c2cccs2)c2c(c1OC)OCO2. The number of thiophene rings is 1. The van der Waals surface area contributed by atoms with Gasteiger partial charge in [-0.25, -0.2) is 5.43 Å². The van der Waals surface area contributed by atoms with E-state index in [4.69, 9.17) is 35.4 Å². The Bertz CT molecular complexity index is 1320. The van der Waals surface area contributed by atoms with Gasteiger partial charge in [0.1, 0.15) is 6.10 Å². The average molecular weight is 528 g/mol. The highest BCUT2D eigenvalue weighted by Crippen LogP contribution is 2.52. The zero-order valence-electron chi connectivity index (χ0n) is 19.4. The Kier molecular flexibility index (Phi) is 6.97. The molecule has 0 aliphatic carbocycles. The number of nitrogens with one attached hydrogen (secondary N) is 1. The lowest BCUT2D eigenvalue weighted by Gasteiger charge is -2.19. The van der Waals surface area contributed by atoms with Gasteiger partial charge in [0.25, 0.3) is 5.91 Å². The Labute approximate surface area is 216 Å². The second-order valence-electron chi connectivity index (χ2n) is 7.88. The molecule has 0 bridgehead atoms. The number of oxime groups is 1. The normalized spacial score (nSPS) is 16.1. The first kappa shape index (κ1) is 24.0. The molecule has 1 amide bonds. The first-order chi connectivity index (χ1) is 17.6. The number of amides is 1. The fourth-order valence-corrected chi connectivity index (χ4v) is 4.82. The zero-order valence-corrected chi connectivity index (χ0v) is 21.0. The minimum atomic E-state index is -0.308. The fraction of sp³-hybridized carbons (Fsp3) is 0.240. The minimum absolute atomic E-state index is 0.0183. The van der Waals surface area contributed by atoms with Gasteiger partial charge < -0.3 is 23.8 Å². The smallest absolute Gasteiger partial charge is 0.281 e. The molecule has 2 aromatic carbocycles. The molecular formula is C25H22ClN3O6S. The summed E-state index contributed by atoms with van der Waals surface area (Å²) in [4.78, 5) is 18.7. The maximum atomic E-state index is 12.4. The van der Waals surface area contributed by atoms with Crippen molar-refractivity contribution >= 4 is 40.8 Å². The summed E-state index contributed by atoms with van der Waals surface area (Å²) in [7, 11) is 3.08. The maximum Gasteiger partial charge on any atom is 0.281 e. The Balaban J connectivity index is 1.45. The van der Waals surface area contributed by atoms with Crippen molar-refractivity contribution in [1.29, 1.82) is 0 Å². The van der Waals surface area contributed by atoms with E-state index in [1.54, 1.807) is 19.2 Å². The van der Waals surface area contributed by atoms with Crippen molar-refractivity contribution in [2.24, 2.45) is 10.3 Å². The summed E-state index contributed by atoms with van der Waals surface area (Å²) in [5.74, 6) is 1.44. The molecule has 11 heteroatoms. The topological polar surface area (TPSA) is 100.0 Å². The number of hydrogen-bond donors (Lipinski definition) is 1. The van der Waals surface area contributed by atoms with Gasteiger partial charge in [-0.05, 0) is 29.1 Å². The van der Waals surface area contributed by atoms with Crippen LogP contribution in [0.4, 0.5) is 0 Å². The third-order valence-corrected chi connectivity index (χ3v) is 6.84. The Morgan fingerprint density at radius 2 is 1.97 bits per heavy atom. The molecular weight excluding hydrogens is 506 g/mol. The van der Waals surface area contributed by atoms with Crippen molar-refractivity contribution in [2.45, 2.75) is 18.9 Å². The molecule has 1 unspecified atom stereocenters. The lowest BCUT2D eigenvalue weighted by molar-refractivity contribution is 0.0853. The molecule has 5 rings (SSSR count). The summed E-state index contributed by atoms with van der Waals surface area (Å²) >= 11 is 7.34. The molecule has 0 radical (unpaired) electrons. The van der Waals surface area contributed by atoms with Crippen molar-refractivity contribution in [3.63, 3.8) is 0 Å². The third kappa shape index (κ3) is 4.69. The van der Waals surface area contributed by atoms with Gasteiger partial charge in [0, 0.05) is 29.0 Å². The van der Waals surface area contributed by atoms with Crippen LogP contribution in [-0.2, 0) is 11.3 Å². The Morgan fingerprint density at radius 1 is 1.19 bits per heavy atom. The van der Waals surface area contributed by atoms with Gasteiger partial charge in [-0.2, -0.15) is 5.10 Å². The van der Waals surface area contributed by atoms with Crippen LogP contribution in [0, 0.1) is 0 Å². The van der Waals surface area contributed by atoms with Crippen LogP contribution < -0.4 is 24.4 Å². The van der Waals surface area contributed by atoms with Crippen LogP contribution in [-0.4, -0.2) is 44.9 Å². The molecule has 2 aliphatic heterocycles. The van der Waals surface area contributed by atoms with E-state index in [-0.39, 0.29) is 18.8 Å². The molecule has 3 heterocycles. The summed E-state index contributed by atoms with van der Waals surface area (Å²) in [5.41, 5.74) is 5.63. The van der Waals surface area contributed by atoms with Gasteiger partial charge in [-0.15, -0.1) is 11.3 Å². The number of methoxy groups -OCH3 is 2. The highest BCUT2D eigenvalue weighted by atomic mass is 35.5. The minimum Gasteiger partial charge on any atom is -0.492 e. The summed E-state index contributed by atoms with van der Waals surface area (Å²) < 4.78 is 22.8. The average Bonchev–Trinajstić information content (AvgIpc) is 3.67. The van der Waals surface area contributed by atoms with E-state index in [0.29, 0.717) is 51.3 Å². The molecule has 1 aromatic heterocycles. The number of carbonyl (C=O) groups is 1. The number of fused-ring (bicyclic) bond motifs is 1. The number of rotatable bonds is 8. The molecule has 1 atom stereocenters. The molecule has 0 saturated heterocycles. The molecule has 3 aromatic rings. The standard InChI is InChI=1S/C25H22ClN3O6S/c1-31-21-17(10-16-11-19(29-35-16)14-5-7-15(26)8-6-14)18(22-24(23(21)32-2)34-13-33-22)12-27-28-25(30)20-4-3-9-36-20/h3-9,12,16H,10-11,13H2,1-2H3,(H,28,30)/b27-12-. The molecule has 9 nitrogen and oxygen atoms in total. The Hall–Kier alpha value is -3.76. The van der Waals surface area contributed by atoms with E-state index in [9.17, 15) is 4.79 Å². The summed E-state index contributed by atoms with van der Waals surface area (Å²) in [6, 6.07) is 11.0. The summed E-state index contributed by atoms with van der Waals surface area (Å²) in [5, 5.41) is 10.9. The van der Waals surface area contributed by atoms with E-state index < -0.39 is 0 Å². The second kappa shape index (κ2) is 10.5. The highest BCUT2D eigenvalue weighted by Gasteiger charge is 2.33. The number of benzene rings is 2. The van der Waals surface area contributed by atoms with Crippen molar-refractivity contribution in [3.8, 4) is 23.0 Å².